The lowest BCUT2D eigenvalue weighted by Gasteiger charge is -2.12. The summed E-state index contributed by atoms with van der Waals surface area (Å²) in [5, 5.41) is 18.3. The van der Waals surface area contributed by atoms with Gasteiger partial charge in [0.1, 0.15) is 5.75 Å². The molecular formula is C11H17BO3. The van der Waals surface area contributed by atoms with E-state index in [0.717, 1.165) is 23.3 Å². The Morgan fingerprint density at radius 1 is 1.20 bits per heavy atom. The van der Waals surface area contributed by atoms with Crippen molar-refractivity contribution in [3.8, 4) is 5.75 Å². The number of ether oxygens (including phenoxy) is 1. The summed E-state index contributed by atoms with van der Waals surface area (Å²) in [6, 6.07) is 3.66. The minimum absolute atomic E-state index is 0.568. The molecule has 0 spiro atoms. The van der Waals surface area contributed by atoms with Crippen LogP contribution in [0.2, 0.25) is 0 Å². The van der Waals surface area contributed by atoms with Crippen LogP contribution < -0.4 is 10.2 Å². The maximum absolute atomic E-state index is 9.17. The van der Waals surface area contributed by atoms with Crippen molar-refractivity contribution in [3.05, 3.63) is 23.3 Å². The summed E-state index contributed by atoms with van der Waals surface area (Å²) >= 11 is 0. The fourth-order valence-corrected chi connectivity index (χ4v) is 1.65. The van der Waals surface area contributed by atoms with Crippen molar-refractivity contribution in [1.82, 2.24) is 0 Å². The molecule has 3 nitrogen and oxygen atoms in total. The summed E-state index contributed by atoms with van der Waals surface area (Å²) in [4.78, 5) is 0. The molecule has 1 rings (SSSR count). The maximum Gasteiger partial charge on any atom is 0.488 e. The van der Waals surface area contributed by atoms with Gasteiger partial charge in [0.15, 0.2) is 0 Å². The number of benzene rings is 1. The lowest BCUT2D eigenvalue weighted by Crippen LogP contribution is -2.34. The fourth-order valence-electron chi connectivity index (χ4n) is 1.65. The highest BCUT2D eigenvalue weighted by Gasteiger charge is 2.17. The lowest BCUT2D eigenvalue weighted by atomic mass is 9.74. The summed E-state index contributed by atoms with van der Waals surface area (Å²) in [6.45, 7) is 6.42. The molecule has 1 aromatic rings. The summed E-state index contributed by atoms with van der Waals surface area (Å²) < 4.78 is 5.49. The molecule has 0 radical (unpaired) electrons. The van der Waals surface area contributed by atoms with Gasteiger partial charge in [0.05, 0.1) is 6.61 Å². The third-order valence-corrected chi connectivity index (χ3v) is 2.30. The van der Waals surface area contributed by atoms with E-state index in [1.54, 1.807) is 0 Å². The molecule has 2 N–H and O–H groups in total. The molecule has 0 fully saturated rings. The predicted octanol–water partition coefficient (Wildman–Crippen LogP) is 0.772. The Labute approximate surface area is 90.9 Å². The topological polar surface area (TPSA) is 49.7 Å². The number of hydrogen-bond donors (Lipinski definition) is 2. The van der Waals surface area contributed by atoms with Crippen LogP contribution in [-0.2, 0) is 0 Å². The zero-order valence-electron chi connectivity index (χ0n) is 9.45. The van der Waals surface area contributed by atoms with Crippen molar-refractivity contribution >= 4 is 12.6 Å². The summed E-state index contributed by atoms with van der Waals surface area (Å²) in [7, 11) is -1.41. The van der Waals surface area contributed by atoms with Gasteiger partial charge in [0.2, 0.25) is 0 Å². The molecule has 1 aromatic carbocycles. The normalized spacial score (nSPS) is 10.2. The smallest absolute Gasteiger partial charge is 0.488 e. The van der Waals surface area contributed by atoms with Crippen molar-refractivity contribution in [1.29, 1.82) is 0 Å². The summed E-state index contributed by atoms with van der Waals surface area (Å²) in [5.41, 5.74) is 2.26. The predicted molar refractivity (Wildman–Crippen MR) is 61.5 cm³/mol. The van der Waals surface area contributed by atoms with E-state index in [-0.39, 0.29) is 0 Å². The first-order valence-electron chi connectivity index (χ1n) is 5.16. The molecule has 0 heterocycles. The number of aryl methyl sites for hydroxylation is 2. The molecule has 0 unspecified atom stereocenters. The van der Waals surface area contributed by atoms with E-state index in [9.17, 15) is 0 Å². The monoisotopic (exact) mass is 208 g/mol. The standard InChI is InChI=1S/C11H17BO3/c1-4-5-15-10-6-8(2)11(12(13)14)9(3)7-10/h6-7,13-14H,4-5H2,1-3H3. The third kappa shape index (κ3) is 2.98. The third-order valence-electron chi connectivity index (χ3n) is 2.30. The summed E-state index contributed by atoms with van der Waals surface area (Å²) in [6.07, 6.45) is 0.961. The Morgan fingerprint density at radius 2 is 1.73 bits per heavy atom. The van der Waals surface area contributed by atoms with Gasteiger partial charge in [-0.1, -0.05) is 6.92 Å². The van der Waals surface area contributed by atoms with E-state index < -0.39 is 7.12 Å². The van der Waals surface area contributed by atoms with Crippen LogP contribution in [0.25, 0.3) is 0 Å². The highest BCUT2D eigenvalue weighted by molar-refractivity contribution is 6.59. The average molecular weight is 208 g/mol. The largest absolute Gasteiger partial charge is 0.494 e. The highest BCUT2D eigenvalue weighted by Crippen LogP contribution is 2.15. The van der Waals surface area contributed by atoms with Crippen LogP contribution in [-0.4, -0.2) is 23.8 Å². The van der Waals surface area contributed by atoms with Crippen molar-refractivity contribution in [3.63, 3.8) is 0 Å². The Kier molecular flexibility index (Phi) is 4.18. The van der Waals surface area contributed by atoms with Crippen LogP contribution in [0, 0.1) is 13.8 Å². The minimum atomic E-state index is -1.41. The summed E-state index contributed by atoms with van der Waals surface area (Å²) in [5.74, 6) is 0.788. The van der Waals surface area contributed by atoms with Crippen LogP contribution in [0.4, 0.5) is 0 Å². The van der Waals surface area contributed by atoms with Gasteiger partial charge in [0.25, 0.3) is 0 Å². The second kappa shape index (κ2) is 5.19. The van der Waals surface area contributed by atoms with E-state index in [1.165, 1.54) is 0 Å². The van der Waals surface area contributed by atoms with Crippen LogP contribution in [0.5, 0.6) is 5.75 Å². The van der Waals surface area contributed by atoms with E-state index in [2.05, 4.69) is 0 Å². The maximum atomic E-state index is 9.17. The SMILES string of the molecule is CCCOc1cc(C)c(B(O)O)c(C)c1. The molecule has 0 aliphatic rings. The van der Waals surface area contributed by atoms with Gasteiger partial charge in [-0.05, 0) is 49.0 Å². The molecule has 0 aromatic heterocycles. The molecule has 0 amide bonds. The first-order chi connectivity index (χ1) is 7.06. The molecule has 0 atom stereocenters. The van der Waals surface area contributed by atoms with E-state index in [4.69, 9.17) is 14.8 Å². The van der Waals surface area contributed by atoms with Crippen LogP contribution in [0.3, 0.4) is 0 Å². The molecular weight excluding hydrogens is 191 g/mol. The molecule has 15 heavy (non-hydrogen) atoms. The molecule has 0 aliphatic heterocycles. The fraction of sp³-hybridized carbons (Fsp3) is 0.455. The van der Waals surface area contributed by atoms with E-state index >= 15 is 0 Å². The quantitative estimate of drug-likeness (QED) is 0.718. The van der Waals surface area contributed by atoms with Gasteiger partial charge in [0, 0.05) is 0 Å². The Morgan fingerprint density at radius 3 is 2.13 bits per heavy atom. The highest BCUT2D eigenvalue weighted by atomic mass is 16.5. The average Bonchev–Trinajstić information content (AvgIpc) is 2.12. The molecule has 4 heteroatoms. The molecule has 0 saturated carbocycles. The molecule has 0 bridgehead atoms. The molecule has 0 saturated heterocycles. The Balaban J connectivity index is 2.97. The molecule has 82 valence electrons. The Hall–Kier alpha value is -0.995. The van der Waals surface area contributed by atoms with Crippen LogP contribution in [0.1, 0.15) is 24.5 Å². The van der Waals surface area contributed by atoms with Crippen molar-refractivity contribution in [2.45, 2.75) is 27.2 Å². The zero-order chi connectivity index (χ0) is 11.4. The first-order valence-corrected chi connectivity index (χ1v) is 5.16. The lowest BCUT2D eigenvalue weighted by molar-refractivity contribution is 0.317. The van der Waals surface area contributed by atoms with E-state index in [0.29, 0.717) is 12.1 Å². The van der Waals surface area contributed by atoms with Crippen molar-refractivity contribution in [2.24, 2.45) is 0 Å². The van der Waals surface area contributed by atoms with Crippen molar-refractivity contribution in [2.75, 3.05) is 6.61 Å². The van der Waals surface area contributed by atoms with Gasteiger partial charge in [-0.25, -0.2) is 0 Å². The van der Waals surface area contributed by atoms with Crippen LogP contribution in [0.15, 0.2) is 12.1 Å². The van der Waals surface area contributed by atoms with Gasteiger partial charge in [-0.2, -0.15) is 0 Å². The number of rotatable bonds is 4. The number of hydrogen-bond acceptors (Lipinski definition) is 3. The van der Waals surface area contributed by atoms with Gasteiger partial charge in [-0.15, -0.1) is 0 Å². The first kappa shape index (κ1) is 12.1. The Bertz CT molecular complexity index is 314. The van der Waals surface area contributed by atoms with Gasteiger partial charge in [-0.3, -0.25) is 0 Å². The minimum Gasteiger partial charge on any atom is -0.494 e. The van der Waals surface area contributed by atoms with E-state index in [1.807, 2.05) is 32.9 Å². The zero-order valence-corrected chi connectivity index (χ0v) is 9.45. The second-order valence-electron chi connectivity index (χ2n) is 3.69. The van der Waals surface area contributed by atoms with Gasteiger partial charge < -0.3 is 14.8 Å². The second-order valence-corrected chi connectivity index (χ2v) is 3.69. The molecule has 0 aliphatic carbocycles. The van der Waals surface area contributed by atoms with Gasteiger partial charge >= 0.3 is 7.12 Å². The van der Waals surface area contributed by atoms with Crippen molar-refractivity contribution < 1.29 is 14.8 Å². The van der Waals surface area contributed by atoms with Crippen LogP contribution >= 0.6 is 0 Å².